The zero-order valence-electron chi connectivity index (χ0n) is 17.7. The van der Waals surface area contributed by atoms with E-state index in [1.807, 2.05) is 0 Å². The van der Waals surface area contributed by atoms with Crippen molar-refractivity contribution in [2.45, 2.75) is 25.3 Å². The second kappa shape index (κ2) is 10.1. The third-order valence-electron chi connectivity index (χ3n) is 5.39. The molecule has 1 aliphatic heterocycles. The van der Waals surface area contributed by atoms with Crippen LogP contribution in [-0.2, 0) is 6.42 Å². The molecule has 2 heterocycles. The normalized spacial score (nSPS) is 15.7. The predicted octanol–water partition coefficient (Wildman–Crippen LogP) is 3.43. The molecule has 9 nitrogen and oxygen atoms in total. The first-order valence-electron chi connectivity index (χ1n) is 10.5. The van der Waals surface area contributed by atoms with E-state index < -0.39 is 10.8 Å². The Morgan fingerprint density at radius 3 is 2.70 bits per heavy atom. The van der Waals surface area contributed by atoms with E-state index in [0.717, 1.165) is 24.9 Å². The molecule has 0 aliphatic carbocycles. The molecule has 2 aromatic carbocycles. The number of nitro groups is 1. The average molecular weight is 451 g/mol. The van der Waals surface area contributed by atoms with Crippen LogP contribution in [-0.4, -0.2) is 40.1 Å². The fraction of sp³-hybridized carbons (Fsp3) is 0.261. The Kier molecular flexibility index (Phi) is 6.84. The van der Waals surface area contributed by atoms with Gasteiger partial charge in [0.05, 0.1) is 4.92 Å². The minimum absolute atomic E-state index is 0.0524. The first-order valence-corrected chi connectivity index (χ1v) is 10.5. The van der Waals surface area contributed by atoms with Gasteiger partial charge in [-0.25, -0.2) is 4.39 Å². The van der Waals surface area contributed by atoms with Crippen LogP contribution in [0.2, 0.25) is 0 Å². The van der Waals surface area contributed by atoms with Crippen LogP contribution < -0.4 is 10.6 Å². The summed E-state index contributed by atoms with van der Waals surface area (Å²) in [6.07, 6.45) is 4.47. The molecule has 1 aliphatic rings. The van der Waals surface area contributed by atoms with E-state index in [0.29, 0.717) is 18.5 Å². The zero-order valence-corrected chi connectivity index (χ0v) is 17.7. The highest BCUT2D eigenvalue weighted by molar-refractivity contribution is 5.90. The second-order valence-electron chi connectivity index (χ2n) is 7.74. The maximum atomic E-state index is 13.1. The molecular formula is C23H22FN5O4. The van der Waals surface area contributed by atoms with Gasteiger partial charge in [0.2, 0.25) is 0 Å². The minimum atomic E-state index is -0.501. The van der Waals surface area contributed by atoms with Crippen molar-refractivity contribution < 1.29 is 18.6 Å². The number of hydrogen-bond acceptors (Lipinski definition) is 7. The quantitative estimate of drug-likeness (QED) is 0.305. The molecule has 0 saturated carbocycles. The van der Waals surface area contributed by atoms with Crippen LogP contribution in [0.3, 0.4) is 0 Å². The molecule has 0 bridgehead atoms. The van der Waals surface area contributed by atoms with Gasteiger partial charge in [-0.2, -0.15) is 4.98 Å². The molecule has 4 rings (SSSR count). The molecule has 33 heavy (non-hydrogen) atoms. The zero-order chi connectivity index (χ0) is 23.2. The van der Waals surface area contributed by atoms with Crippen molar-refractivity contribution in [2.75, 3.05) is 13.1 Å². The summed E-state index contributed by atoms with van der Waals surface area (Å²) in [5.41, 5.74) is 2.74. The SMILES string of the molecule is O=C(NCCC1=CCNC(Cc2ccc(F)cc2)C1)c1noc(-c2ccc([N+](=O)[O-])cc2)n1. The van der Waals surface area contributed by atoms with Crippen LogP contribution in [0.1, 0.15) is 29.0 Å². The molecule has 10 heteroatoms. The van der Waals surface area contributed by atoms with Gasteiger partial charge < -0.3 is 15.2 Å². The summed E-state index contributed by atoms with van der Waals surface area (Å²) < 4.78 is 18.2. The molecule has 170 valence electrons. The van der Waals surface area contributed by atoms with Crippen molar-refractivity contribution >= 4 is 11.6 Å². The first-order chi connectivity index (χ1) is 16.0. The first kappa shape index (κ1) is 22.3. The number of amides is 1. The number of rotatable bonds is 8. The van der Waals surface area contributed by atoms with E-state index in [-0.39, 0.29) is 29.3 Å². The van der Waals surface area contributed by atoms with Gasteiger partial charge in [0.25, 0.3) is 23.3 Å². The lowest BCUT2D eigenvalue weighted by Crippen LogP contribution is -2.35. The summed E-state index contributed by atoms with van der Waals surface area (Å²) in [5.74, 6) is -0.686. The fourth-order valence-electron chi connectivity index (χ4n) is 3.67. The van der Waals surface area contributed by atoms with Crippen LogP contribution in [0.15, 0.2) is 64.7 Å². The number of carbonyl (C=O) groups excluding carboxylic acids is 1. The molecule has 1 amide bonds. The van der Waals surface area contributed by atoms with Gasteiger partial charge in [-0.3, -0.25) is 14.9 Å². The summed E-state index contributed by atoms with van der Waals surface area (Å²) >= 11 is 0. The van der Waals surface area contributed by atoms with Crippen molar-refractivity contribution in [1.82, 2.24) is 20.8 Å². The Labute approximate surface area is 188 Å². The third-order valence-corrected chi connectivity index (χ3v) is 5.39. The Bertz CT molecular complexity index is 1160. The minimum Gasteiger partial charge on any atom is -0.349 e. The molecule has 1 atom stereocenters. The maximum absolute atomic E-state index is 13.1. The summed E-state index contributed by atoms with van der Waals surface area (Å²) in [4.78, 5) is 26.7. The number of non-ortho nitro benzene ring substituents is 1. The van der Waals surface area contributed by atoms with E-state index in [2.05, 4.69) is 26.9 Å². The van der Waals surface area contributed by atoms with E-state index in [1.165, 1.54) is 42.0 Å². The maximum Gasteiger partial charge on any atom is 0.292 e. The average Bonchev–Trinajstić information content (AvgIpc) is 3.31. The van der Waals surface area contributed by atoms with Crippen LogP contribution in [0.4, 0.5) is 10.1 Å². The summed E-state index contributed by atoms with van der Waals surface area (Å²) in [6, 6.07) is 12.4. The highest BCUT2D eigenvalue weighted by Crippen LogP contribution is 2.21. The number of aromatic nitrogens is 2. The van der Waals surface area contributed by atoms with Gasteiger partial charge in [-0.15, -0.1) is 0 Å². The van der Waals surface area contributed by atoms with Crippen LogP contribution >= 0.6 is 0 Å². The van der Waals surface area contributed by atoms with Crippen molar-refractivity contribution in [3.05, 3.63) is 87.5 Å². The number of benzene rings is 2. The predicted molar refractivity (Wildman–Crippen MR) is 118 cm³/mol. The molecule has 1 unspecified atom stereocenters. The van der Waals surface area contributed by atoms with Crippen LogP contribution in [0.5, 0.6) is 0 Å². The van der Waals surface area contributed by atoms with Gasteiger partial charge in [0.1, 0.15) is 5.82 Å². The fourth-order valence-corrected chi connectivity index (χ4v) is 3.67. The highest BCUT2D eigenvalue weighted by atomic mass is 19.1. The number of halogens is 1. The van der Waals surface area contributed by atoms with Gasteiger partial charge in [-0.1, -0.05) is 28.9 Å². The van der Waals surface area contributed by atoms with Crippen molar-refractivity contribution in [2.24, 2.45) is 0 Å². The molecular weight excluding hydrogens is 429 g/mol. The van der Waals surface area contributed by atoms with E-state index >= 15 is 0 Å². The molecule has 0 spiro atoms. The van der Waals surface area contributed by atoms with Gasteiger partial charge in [0, 0.05) is 36.8 Å². The third kappa shape index (κ3) is 5.86. The largest absolute Gasteiger partial charge is 0.349 e. The molecule has 2 N–H and O–H groups in total. The van der Waals surface area contributed by atoms with Crippen LogP contribution in [0, 0.1) is 15.9 Å². The lowest BCUT2D eigenvalue weighted by molar-refractivity contribution is -0.384. The molecule has 0 fully saturated rings. The van der Waals surface area contributed by atoms with E-state index in [1.54, 1.807) is 12.1 Å². The van der Waals surface area contributed by atoms with Crippen molar-refractivity contribution in [3.63, 3.8) is 0 Å². The Hall–Kier alpha value is -3.92. The van der Waals surface area contributed by atoms with Gasteiger partial charge in [-0.05, 0) is 49.1 Å². The topological polar surface area (TPSA) is 123 Å². The number of nitro benzene ring substituents is 1. The molecule has 1 aromatic heterocycles. The molecule has 0 radical (unpaired) electrons. The van der Waals surface area contributed by atoms with Gasteiger partial charge >= 0.3 is 0 Å². The molecule has 3 aromatic rings. The summed E-state index contributed by atoms with van der Waals surface area (Å²) in [5, 5.41) is 20.7. The smallest absolute Gasteiger partial charge is 0.292 e. The van der Waals surface area contributed by atoms with Crippen molar-refractivity contribution in [3.8, 4) is 11.5 Å². The number of nitrogens with one attached hydrogen (secondary N) is 2. The second-order valence-corrected chi connectivity index (χ2v) is 7.74. The number of hydrogen-bond donors (Lipinski definition) is 2. The standard InChI is InChI=1S/C23H22FN5O4/c24-18-5-1-15(2-6-18)13-19-14-16(9-11-25-19)10-12-26-22(30)21-27-23(33-28-21)17-3-7-20(8-4-17)29(31)32/h1-9,19,25H,10-14H2,(H,26,30). The van der Waals surface area contributed by atoms with E-state index in [9.17, 15) is 19.3 Å². The van der Waals surface area contributed by atoms with Gasteiger partial charge in [0.15, 0.2) is 0 Å². The Balaban J connectivity index is 1.26. The number of nitrogens with zero attached hydrogens (tertiary/aromatic N) is 3. The molecule has 0 saturated heterocycles. The Morgan fingerprint density at radius 2 is 1.97 bits per heavy atom. The monoisotopic (exact) mass is 451 g/mol. The highest BCUT2D eigenvalue weighted by Gasteiger charge is 2.18. The summed E-state index contributed by atoms with van der Waals surface area (Å²) in [6.45, 7) is 1.17. The van der Waals surface area contributed by atoms with Crippen molar-refractivity contribution in [1.29, 1.82) is 0 Å². The lowest BCUT2D eigenvalue weighted by Gasteiger charge is -2.24. The van der Waals surface area contributed by atoms with Crippen LogP contribution in [0.25, 0.3) is 11.5 Å². The van der Waals surface area contributed by atoms with E-state index in [4.69, 9.17) is 4.52 Å². The Morgan fingerprint density at radius 1 is 1.21 bits per heavy atom. The number of carbonyl (C=O) groups is 1. The lowest BCUT2D eigenvalue weighted by atomic mass is 9.94. The summed E-state index contributed by atoms with van der Waals surface area (Å²) in [7, 11) is 0.